The topological polar surface area (TPSA) is 32.3 Å². The highest BCUT2D eigenvalue weighted by Gasteiger charge is 2.31. The van der Waals surface area contributed by atoms with Crippen LogP contribution in [0.2, 0.25) is 0 Å². The van der Waals surface area contributed by atoms with Gasteiger partial charge in [0.05, 0.1) is 11.3 Å². The van der Waals surface area contributed by atoms with Crippen LogP contribution in [-0.2, 0) is 11.0 Å². The van der Waals surface area contributed by atoms with Crippen LogP contribution in [0, 0.1) is 6.92 Å². The van der Waals surface area contributed by atoms with Gasteiger partial charge < -0.3 is 5.32 Å². The Morgan fingerprint density at radius 1 is 0.897 bits per heavy atom. The van der Waals surface area contributed by atoms with Crippen LogP contribution in [0.3, 0.4) is 0 Å². The van der Waals surface area contributed by atoms with Gasteiger partial charge in [-0.1, -0.05) is 42.0 Å². The van der Waals surface area contributed by atoms with Gasteiger partial charge in [0.2, 0.25) is 0 Å². The molecule has 2 aromatic rings. The first-order chi connectivity index (χ1) is 13.7. The normalized spacial score (nSPS) is 16.9. The van der Waals surface area contributed by atoms with E-state index in [1.165, 1.54) is 18.2 Å². The Hall–Kier alpha value is -3.28. The van der Waals surface area contributed by atoms with Gasteiger partial charge >= 0.3 is 6.18 Å². The molecule has 0 aromatic heterocycles. The number of rotatable bonds is 2. The SMILES string of the molecule is CC1=C(c2ccc(C)cc2)C=C2NC(c3ccc(C(F)(F)F)cc3)=CC(=O)N2C1. The lowest BCUT2D eigenvalue weighted by Crippen LogP contribution is -2.42. The van der Waals surface area contributed by atoms with E-state index in [2.05, 4.69) is 5.32 Å². The summed E-state index contributed by atoms with van der Waals surface area (Å²) in [6.07, 6.45) is -1.06. The van der Waals surface area contributed by atoms with Crippen LogP contribution in [-0.4, -0.2) is 17.4 Å². The molecule has 148 valence electrons. The van der Waals surface area contributed by atoms with Crippen molar-refractivity contribution in [3.8, 4) is 0 Å². The molecule has 0 atom stereocenters. The van der Waals surface area contributed by atoms with E-state index in [0.29, 0.717) is 23.6 Å². The Kier molecular flexibility index (Phi) is 4.57. The Bertz CT molecular complexity index is 1060. The molecule has 3 nitrogen and oxygen atoms in total. The zero-order valence-corrected chi connectivity index (χ0v) is 16.0. The van der Waals surface area contributed by atoms with Crippen molar-refractivity contribution in [2.45, 2.75) is 20.0 Å². The maximum absolute atomic E-state index is 12.8. The zero-order chi connectivity index (χ0) is 20.8. The minimum Gasteiger partial charge on any atom is -0.341 e. The highest BCUT2D eigenvalue weighted by molar-refractivity contribution is 5.99. The molecule has 2 aliphatic rings. The summed E-state index contributed by atoms with van der Waals surface area (Å²) in [7, 11) is 0. The molecule has 0 saturated heterocycles. The van der Waals surface area contributed by atoms with Gasteiger partial charge in [0.25, 0.3) is 5.91 Å². The van der Waals surface area contributed by atoms with E-state index in [4.69, 9.17) is 0 Å². The summed E-state index contributed by atoms with van der Waals surface area (Å²) in [5.41, 5.74) is 4.60. The number of fused-ring (bicyclic) bond motifs is 1. The first kappa shape index (κ1) is 19.1. The lowest BCUT2D eigenvalue weighted by atomic mass is 9.95. The van der Waals surface area contributed by atoms with Gasteiger partial charge in [-0.2, -0.15) is 13.2 Å². The average molecular weight is 396 g/mol. The number of hydrogen-bond donors (Lipinski definition) is 1. The number of nitrogens with one attached hydrogen (secondary N) is 1. The monoisotopic (exact) mass is 396 g/mol. The maximum Gasteiger partial charge on any atom is 0.416 e. The summed E-state index contributed by atoms with van der Waals surface area (Å²) in [5, 5.41) is 3.20. The van der Waals surface area contributed by atoms with Crippen molar-refractivity contribution in [1.82, 2.24) is 10.2 Å². The number of alkyl halides is 3. The second-order valence-corrected chi connectivity index (χ2v) is 7.27. The second-order valence-electron chi connectivity index (χ2n) is 7.27. The van der Waals surface area contributed by atoms with E-state index < -0.39 is 11.7 Å². The van der Waals surface area contributed by atoms with Crippen molar-refractivity contribution < 1.29 is 18.0 Å². The van der Waals surface area contributed by atoms with E-state index in [-0.39, 0.29) is 5.91 Å². The predicted octanol–water partition coefficient (Wildman–Crippen LogP) is 5.12. The third-order valence-corrected chi connectivity index (χ3v) is 5.11. The molecule has 29 heavy (non-hydrogen) atoms. The van der Waals surface area contributed by atoms with E-state index in [1.807, 2.05) is 44.2 Å². The molecule has 0 fully saturated rings. The van der Waals surface area contributed by atoms with E-state index >= 15 is 0 Å². The summed E-state index contributed by atoms with van der Waals surface area (Å²) in [4.78, 5) is 14.3. The standard InChI is InChI=1S/C23H19F3N2O/c1-14-3-5-16(6-4-14)19-11-21-27-20(12-22(29)28(21)13-15(19)2)17-7-9-18(10-8-17)23(24,25)26/h3-12,27H,13H2,1-2H3. The lowest BCUT2D eigenvalue weighted by Gasteiger charge is -2.34. The van der Waals surface area contributed by atoms with Crippen LogP contribution in [0.15, 0.2) is 72.1 Å². The molecular weight excluding hydrogens is 377 g/mol. The zero-order valence-electron chi connectivity index (χ0n) is 16.0. The number of allylic oxidation sites excluding steroid dienone is 2. The second kappa shape index (κ2) is 6.95. The van der Waals surface area contributed by atoms with Crippen molar-refractivity contribution in [3.05, 3.63) is 94.3 Å². The molecule has 1 amide bonds. The first-order valence-corrected chi connectivity index (χ1v) is 9.19. The third kappa shape index (κ3) is 3.70. The molecule has 0 spiro atoms. The van der Waals surface area contributed by atoms with Crippen molar-refractivity contribution in [2.24, 2.45) is 0 Å². The molecule has 0 radical (unpaired) electrons. The molecule has 1 N–H and O–H groups in total. The molecule has 0 aliphatic carbocycles. The molecule has 2 aliphatic heterocycles. The van der Waals surface area contributed by atoms with Gasteiger partial charge in [-0.15, -0.1) is 0 Å². The highest BCUT2D eigenvalue weighted by atomic mass is 19.4. The van der Waals surface area contributed by atoms with Gasteiger partial charge in [-0.25, -0.2) is 0 Å². The number of carbonyl (C=O) groups excluding carboxylic acids is 1. The Morgan fingerprint density at radius 3 is 2.14 bits per heavy atom. The molecule has 6 heteroatoms. The number of nitrogens with zero attached hydrogens (tertiary/aromatic N) is 1. The van der Waals surface area contributed by atoms with E-state index in [0.717, 1.165) is 34.4 Å². The maximum atomic E-state index is 12.8. The minimum absolute atomic E-state index is 0.202. The van der Waals surface area contributed by atoms with Gasteiger partial charge in [-0.3, -0.25) is 9.69 Å². The van der Waals surface area contributed by atoms with Crippen LogP contribution < -0.4 is 5.32 Å². The summed E-state index contributed by atoms with van der Waals surface area (Å²) in [6, 6.07) is 12.9. The van der Waals surface area contributed by atoms with Crippen molar-refractivity contribution in [2.75, 3.05) is 6.54 Å². The van der Waals surface area contributed by atoms with Gasteiger partial charge in [0.1, 0.15) is 5.82 Å². The number of aryl methyl sites for hydroxylation is 1. The Balaban J connectivity index is 1.66. The molecule has 0 saturated carbocycles. The first-order valence-electron chi connectivity index (χ1n) is 9.19. The Morgan fingerprint density at radius 2 is 1.52 bits per heavy atom. The van der Waals surface area contributed by atoms with Crippen LogP contribution in [0.5, 0.6) is 0 Å². The summed E-state index contributed by atoms with van der Waals surface area (Å²) < 4.78 is 38.4. The molecule has 0 bridgehead atoms. The smallest absolute Gasteiger partial charge is 0.341 e. The van der Waals surface area contributed by atoms with E-state index in [1.54, 1.807) is 4.90 Å². The van der Waals surface area contributed by atoms with Crippen LogP contribution in [0.25, 0.3) is 11.3 Å². The molecule has 2 aromatic carbocycles. The molecule has 0 unspecified atom stereocenters. The van der Waals surface area contributed by atoms with E-state index in [9.17, 15) is 18.0 Å². The fourth-order valence-corrected chi connectivity index (χ4v) is 3.48. The number of carbonyl (C=O) groups is 1. The fraction of sp³-hybridized carbons (Fsp3) is 0.174. The third-order valence-electron chi connectivity index (χ3n) is 5.11. The number of amides is 1. The number of hydrogen-bond acceptors (Lipinski definition) is 2. The van der Waals surface area contributed by atoms with Crippen molar-refractivity contribution in [3.63, 3.8) is 0 Å². The fourth-order valence-electron chi connectivity index (χ4n) is 3.48. The minimum atomic E-state index is -4.39. The lowest BCUT2D eigenvalue weighted by molar-refractivity contribution is -0.137. The Labute approximate surface area is 166 Å². The largest absolute Gasteiger partial charge is 0.416 e. The summed E-state index contributed by atoms with van der Waals surface area (Å²) in [6.45, 7) is 4.47. The number of benzene rings is 2. The highest BCUT2D eigenvalue weighted by Crippen LogP contribution is 2.33. The van der Waals surface area contributed by atoms with Crippen LogP contribution in [0.4, 0.5) is 13.2 Å². The predicted molar refractivity (Wildman–Crippen MR) is 106 cm³/mol. The van der Waals surface area contributed by atoms with Crippen LogP contribution in [0.1, 0.15) is 29.2 Å². The quantitative estimate of drug-likeness (QED) is 0.765. The molecule has 2 heterocycles. The number of halogens is 3. The summed E-state index contributed by atoms with van der Waals surface area (Å²) in [5.74, 6) is 0.417. The van der Waals surface area contributed by atoms with Gasteiger partial charge in [-0.05, 0) is 54.3 Å². The van der Waals surface area contributed by atoms with Crippen molar-refractivity contribution >= 4 is 17.2 Å². The van der Waals surface area contributed by atoms with Crippen LogP contribution >= 0.6 is 0 Å². The van der Waals surface area contributed by atoms with Gasteiger partial charge in [0, 0.05) is 12.6 Å². The van der Waals surface area contributed by atoms with Crippen molar-refractivity contribution in [1.29, 1.82) is 0 Å². The molecule has 4 rings (SSSR count). The summed E-state index contributed by atoms with van der Waals surface area (Å²) >= 11 is 0. The average Bonchev–Trinajstić information content (AvgIpc) is 2.68. The van der Waals surface area contributed by atoms with Gasteiger partial charge in [0.15, 0.2) is 0 Å². The molecular formula is C23H19F3N2O.